The predicted molar refractivity (Wildman–Crippen MR) is 304 cm³/mol. The van der Waals surface area contributed by atoms with Crippen LogP contribution in [0.5, 0.6) is 0 Å². The second-order valence-corrected chi connectivity index (χ2v) is 31.9. The highest BCUT2D eigenvalue weighted by Crippen LogP contribution is 2.68. The molecular weight excluding hydrogens is 890 g/mol. The van der Waals surface area contributed by atoms with Crippen molar-refractivity contribution in [2.75, 3.05) is 14.1 Å². The minimum atomic E-state index is -1.92. The van der Waals surface area contributed by atoms with Gasteiger partial charge in [0, 0.05) is 0 Å². The lowest BCUT2D eigenvalue weighted by molar-refractivity contribution is -0.175. The maximum Gasteiger partial charge on any atom is 0.260 e. The molecule has 6 heteroatoms. The molecule has 5 nitrogen and oxygen atoms in total. The minimum absolute atomic E-state index is 0.0991. The van der Waals surface area contributed by atoms with Gasteiger partial charge in [-0.1, -0.05) is 239 Å². The summed E-state index contributed by atoms with van der Waals surface area (Å²) in [6.45, 7) is 60.0. The van der Waals surface area contributed by atoms with Crippen molar-refractivity contribution in [3.8, 4) is 0 Å². The molecule has 2 atom stereocenters. The van der Waals surface area contributed by atoms with Crippen molar-refractivity contribution in [2.24, 2.45) is 0 Å². The van der Waals surface area contributed by atoms with E-state index in [0.717, 1.165) is 22.3 Å². The van der Waals surface area contributed by atoms with Crippen molar-refractivity contribution >= 4 is 8.53 Å². The van der Waals surface area contributed by atoms with Crippen molar-refractivity contribution in [1.82, 2.24) is 4.67 Å². The van der Waals surface area contributed by atoms with Crippen LogP contribution in [0.4, 0.5) is 0 Å². The second kappa shape index (κ2) is 18.2. The number of hydrogen-bond donors (Lipinski definition) is 0. The van der Waals surface area contributed by atoms with Crippen LogP contribution in [-0.4, -0.2) is 36.8 Å². The zero-order valence-corrected chi connectivity index (χ0v) is 51.0. The normalized spacial score (nSPS) is 20.6. The number of nitrogens with zero attached hydrogens (tertiary/aromatic N) is 1. The molecule has 71 heavy (non-hydrogen) atoms. The van der Waals surface area contributed by atoms with Gasteiger partial charge < -0.3 is 18.5 Å². The van der Waals surface area contributed by atoms with E-state index >= 15 is 0 Å². The summed E-state index contributed by atoms with van der Waals surface area (Å²) in [6.07, 6.45) is -1.48. The van der Waals surface area contributed by atoms with Crippen LogP contribution >= 0.6 is 8.53 Å². The van der Waals surface area contributed by atoms with Crippen LogP contribution in [-0.2, 0) is 73.0 Å². The van der Waals surface area contributed by atoms with Gasteiger partial charge in [-0.25, -0.2) is 4.67 Å². The number of hydrogen-bond acceptors (Lipinski definition) is 5. The molecule has 6 rings (SSSR count). The predicted octanol–water partition coefficient (Wildman–Crippen LogP) is 17.6. The molecule has 4 aromatic carbocycles. The van der Waals surface area contributed by atoms with Crippen molar-refractivity contribution in [3.63, 3.8) is 0 Å². The Labute approximate surface area is 435 Å². The number of benzene rings is 4. The molecular formula is C65H98NO4P. The molecule has 0 amide bonds. The monoisotopic (exact) mass is 988 g/mol. The fourth-order valence-corrected chi connectivity index (χ4v) is 12.3. The molecule has 4 aromatic rings. The first-order valence-corrected chi connectivity index (χ1v) is 27.7. The molecule has 2 aliphatic rings. The molecule has 0 saturated carbocycles. The minimum Gasteiger partial charge on any atom is -0.341 e. The molecule has 0 spiro atoms. The summed E-state index contributed by atoms with van der Waals surface area (Å²) in [6, 6.07) is 28.7. The summed E-state index contributed by atoms with van der Waals surface area (Å²) in [5.74, 6) is -1.06. The Kier molecular flexibility index (Phi) is 14.7. The Bertz CT molecular complexity index is 2270. The lowest BCUT2D eigenvalue weighted by Crippen LogP contribution is -2.55. The van der Waals surface area contributed by atoms with Gasteiger partial charge in [0.1, 0.15) is 12.2 Å². The fourth-order valence-electron chi connectivity index (χ4n) is 10.8. The van der Waals surface area contributed by atoms with E-state index in [1.165, 1.54) is 44.5 Å². The fraction of sp³-hybridized carbons (Fsp3) is 0.631. The Morgan fingerprint density at radius 1 is 0.352 bits per heavy atom. The van der Waals surface area contributed by atoms with Crippen LogP contribution in [0.2, 0.25) is 0 Å². The Hall–Kier alpha value is -2.89. The van der Waals surface area contributed by atoms with Gasteiger partial charge in [-0.3, -0.25) is 0 Å². The molecule has 0 N–H and O–H groups in total. The Morgan fingerprint density at radius 2 is 0.563 bits per heavy atom. The highest BCUT2D eigenvalue weighted by molar-refractivity contribution is 7.44. The van der Waals surface area contributed by atoms with Crippen molar-refractivity contribution in [1.29, 1.82) is 0 Å². The molecule has 392 valence electrons. The van der Waals surface area contributed by atoms with E-state index in [4.69, 9.17) is 18.5 Å². The molecule has 0 radical (unpaired) electrons. The van der Waals surface area contributed by atoms with Gasteiger partial charge in [-0.2, -0.15) is 0 Å². The average Bonchev–Trinajstić information content (AvgIpc) is 3.47. The number of fused-ring (bicyclic) bond motifs is 1. The van der Waals surface area contributed by atoms with Crippen molar-refractivity contribution in [2.45, 2.75) is 253 Å². The van der Waals surface area contributed by atoms with E-state index in [2.05, 4.69) is 272 Å². The summed E-state index contributed by atoms with van der Waals surface area (Å²) >= 11 is 0. The van der Waals surface area contributed by atoms with Crippen molar-refractivity contribution in [3.05, 3.63) is 140 Å². The quantitative estimate of drug-likeness (QED) is 0.186. The molecule has 2 heterocycles. The molecule has 2 saturated heterocycles. The summed E-state index contributed by atoms with van der Waals surface area (Å²) in [5, 5.41) is 0. The maximum atomic E-state index is 8.43. The first-order chi connectivity index (χ1) is 31.8. The Morgan fingerprint density at radius 3 is 0.732 bits per heavy atom. The molecule has 0 bridgehead atoms. The van der Waals surface area contributed by atoms with Crippen LogP contribution < -0.4 is 0 Å². The summed E-state index contributed by atoms with van der Waals surface area (Å²) in [7, 11) is 2.32. The van der Waals surface area contributed by atoms with Crippen LogP contribution in [0.15, 0.2) is 72.8 Å². The summed E-state index contributed by atoms with van der Waals surface area (Å²) in [5.41, 5.74) is 10.1. The lowest BCUT2D eigenvalue weighted by atomic mass is 9.63. The van der Waals surface area contributed by atoms with Crippen LogP contribution in [0, 0.1) is 0 Å². The van der Waals surface area contributed by atoms with Crippen LogP contribution in [0.3, 0.4) is 0 Å². The largest absolute Gasteiger partial charge is 0.341 e. The molecule has 0 aliphatic carbocycles. The van der Waals surface area contributed by atoms with Gasteiger partial charge >= 0.3 is 0 Å². The van der Waals surface area contributed by atoms with E-state index in [0.29, 0.717) is 0 Å². The van der Waals surface area contributed by atoms with Crippen molar-refractivity contribution < 1.29 is 18.5 Å². The van der Waals surface area contributed by atoms with E-state index in [1.54, 1.807) is 0 Å². The van der Waals surface area contributed by atoms with Gasteiger partial charge in [0.05, 0.1) is 0 Å². The SMILES string of the molecule is CN(C)P1OC(c2ccc(C(C)(C)C)cc2C(C)(C)C)(c2ccc(C(C)(C)C)cc2C(C)(C)C)[C@@H]2OC(C)(C)O[C@H]2C(c2ccc(C(C)(C)C)cc2C(C)(C)C)(c2ccc(C(C)(C)C)cc2C(C)(C)C)O1. The molecule has 0 unspecified atom stereocenters. The molecule has 2 fully saturated rings. The van der Waals surface area contributed by atoms with E-state index in [-0.39, 0.29) is 43.3 Å². The number of ether oxygens (including phenoxy) is 2. The van der Waals surface area contributed by atoms with Crippen LogP contribution in [0.1, 0.15) is 247 Å². The highest BCUT2D eigenvalue weighted by Gasteiger charge is 2.69. The molecule has 2 aliphatic heterocycles. The van der Waals surface area contributed by atoms with Gasteiger partial charge in [0.2, 0.25) is 0 Å². The van der Waals surface area contributed by atoms with Gasteiger partial charge in [0.25, 0.3) is 8.53 Å². The van der Waals surface area contributed by atoms with Crippen LogP contribution in [0.25, 0.3) is 0 Å². The summed E-state index contributed by atoms with van der Waals surface area (Å²) < 4.78 is 34.8. The lowest BCUT2D eigenvalue weighted by Gasteiger charge is -2.47. The first-order valence-electron chi connectivity index (χ1n) is 26.6. The number of rotatable bonds is 5. The van der Waals surface area contributed by atoms with Gasteiger partial charge in [-0.05, 0) is 138 Å². The smallest absolute Gasteiger partial charge is 0.260 e. The third-order valence-corrected chi connectivity index (χ3v) is 16.6. The highest BCUT2D eigenvalue weighted by atomic mass is 31.2. The third kappa shape index (κ3) is 11.0. The second-order valence-electron chi connectivity index (χ2n) is 30.3. The first kappa shape index (κ1) is 57.4. The van der Waals surface area contributed by atoms with E-state index < -0.39 is 37.7 Å². The molecule has 0 aromatic heterocycles. The average molecular weight is 988 g/mol. The topological polar surface area (TPSA) is 40.2 Å². The zero-order chi connectivity index (χ0) is 54.1. The Balaban J connectivity index is 2.00. The summed E-state index contributed by atoms with van der Waals surface area (Å²) in [4.78, 5) is 0. The van der Waals surface area contributed by atoms with Gasteiger partial charge in [0.15, 0.2) is 17.0 Å². The van der Waals surface area contributed by atoms with Gasteiger partial charge in [-0.15, -0.1) is 0 Å². The zero-order valence-electron chi connectivity index (χ0n) is 50.1. The maximum absolute atomic E-state index is 8.43. The standard InChI is InChI=1S/C65H98NO4P/c1-55(2,3)41-29-33-45(49(37-41)59(13,14)15)64(46-34-30-42(56(4,5)6)38-50(46)60(16,17)18)53-54(68-63(25,26)67-53)65(70-71(69-64)66(27)28,47-35-31-43(57(7,8)9)39-51(47)61(19,20)21)48-36-32-44(58(10,11)12)40-52(48)62(22,23)24/h29-40,53-54H,1-28H3/t53-,54-/m1/s1. The van der Waals surface area contributed by atoms with E-state index in [1.807, 2.05) is 0 Å². The van der Waals surface area contributed by atoms with E-state index in [9.17, 15) is 0 Å². The third-order valence-electron chi connectivity index (χ3n) is 15.0.